The fourth-order valence-corrected chi connectivity index (χ4v) is 3.36. The highest BCUT2D eigenvalue weighted by molar-refractivity contribution is 6.30. The smallest absolute Gasteiger partial charge is 0.315 e. The molecule has 7 heteroatoms. The summed E-state index contributed by atoms with van der Waals surface area (Å²) in [4.78, 5) is 14.6. The molecule has 2 N–H and O–H groups in total. The molecular formula is C21H25ClFN3O2. The first-order valence-electron chi connectivity index (χ1n) is 9.39. The van der Waals surface area contributed by atoms with Crippen molar-refractivity contribution in [2.75, 3.05) is 26.3 Å². The van der Waals surface area contributed by atoms with Gasteiger partial charge in [0.05, 0.1) is 24.3 Å². The van der Waals surface area contributed by atoms with Crippen LogP contribution in [0.3, 0.4) is 0 Å². The van der Waals surface area contributed by atoms with Crippen LogP contribution in [0.4, 0.5) is 9.18 Å². The summed E-state index contributed by atoms with van der Waals surface area (Å²) in [6.45, 7) is 6.45. The maximum Gasteiger partial charge on any atom is 0.315 e. The molecule has 1 unspecified atom stereocenters. The van der Waals surface area contributed by atoms with Gasteiger partial charge >= 0.3 is 6.03 Å². The number of ether oxygens (including phenoxy) is 1. The van der Waals surface area contributed by atoms with Gasteiger partial charge in [0.15, 0.2) is 0 Å². The Morgan fingerprint density at radius 2 is 1.93 bits per heavy atom. The summed E-state index contributed by atoms with van der Waals surface area (Å²) < 4.78 is 18.7. The largest absolute Gasteiger partial charge is 0.379 e. The fourth-order valence-electron chi connectivity index (χ4n) is 3.17. The topological polar surface area (TPSA) is 53.6 Å². The quantitative estimate of drug-likeness (QED) is 0.767. The van der Waals surface area contributed by atoms with E-state index in [-0.39, 0.29) is 17.1 Å². The molecule has 0 radical (unpaired) electrons. The molecule has 1 fully saturated rings. The summed E-state index contributed by atoms with van der Waals surface area (Å²) >= 11 is 5.82. The molecule has 2 aromatic rings. The van der Waals surface area contributed by atoms with E-state index in [9.17, 15) is 9.18 Å². The minimum absolute atomic E-state index is 0.0450. The van der Waals surface area contributed by atoms with Gasteiger partial charge in [0.25, 0.3) is 0 Å². The Hall–Kier alpha value is -2.15. The Morgan fingerprint density at radius 3 is 2.64 bits per heavy atom. The molecule has 0 saturated carbocycles. The van der Waals surface area contributed by atoms with Gasteiger partial charge in [-0.25, -0.2) is 9.18 Å². The van der Waals surface area contributed by atoms with Gasteiger partial charge in [-0.05, 0) is 35.7 Å². The zero-order valence-electron chi connectivity index (χ0n) is 15.9. The highest BCUT2D eigenvalue weighted by Gasteiger charge is 2.14. The van der Waals surface area contributed by atoms with E-state index in [1.165, 1.54) is 17.7 Å². The van der Waals surface area contributed by atoms with Crippen molar-refractivity contribution >= 4 is 17.6 Å². The van der Waals surface area contributed by atoms with Crippen molar-refractivity contribution in [2.45, 2.75) is 26.1 Å². The predicted molar refractivity (Wildman–Crippen MR) is 108 cm³/mol. The van der Waals surface area contributed by atoms with Crippen LogP contribution >= 0.6 is 11.6 Å². The number of amides is 2. The third-order valence-corrected chi connectivity index (χ3v) is 5.14. The number of carbonyl (C=O) groups excluding carboxylic acids is 1. The molecule has 2 aromatic carbocycles. The van der Waals surface area contributed by atoms with Crippen molar-refractivity contribution in [3.8, 4) is 0 Å². The van der Waals surface area contributed by atoms with Crippen molar-refractivity contribution in [1.82, 2.24) is 15.5 Å². The molecule has 1 heterocycles. The van der Waals surface area contributed by atoms with E-state index in [4.69, 9.17) is 16.3 Å². The minimum Gasteiger partial charge on any atom is -0.379 e. The third-order valence-electron chi connectivity index (χ3n) is 4.85. The number of hydrogen-bond donors (Lipinski definition) is 2. The second-order valence-corrected chi connectivity index (χ2v) is 7.29. The molecule has 1 aliphatic rings. The van der Waals surface area contributed by atoms with Crippen LogP contribution in [0.15, 0.2) is 42.5 Å². The van der Waals surface area contributed by atoms with Crippen molar-refractivity contribution in [1.29, 1.82) is 0 Å². The van der Waals surface area contributed by atoms with Crippen molar-refractivity contribution < 1.29 is 13.9 Å². The van der Waals surface area contributed by atoms with Crippen LogP contribution < -0.4 is 10.6 Å². The average Bonchev–Trinajstić information content (AvgIpc) is 2.70. The average molecular weight is 406 g/mol. The Labute approximate surface area is 169 Å². The lowest BCUT2D eigenvalue weighted by molar-refractivity contribution is 0.0341. The van der Waals surface area contributed by atoms with E-state index in [0.29, 0.717) is 6.54 Å². The van der Waals surface area contributed by atoms with E-state index in [0.717, 1.165) is 44.0 Å². The second-order valence-electron chi connectivity index (χ2n) is 6.88. The lowest BCUT2D eigenvalue weighted by Crippen LogP contribution is -2.37. The molecule has 3 rings (SSSR count). The van der Waals surface area contributed by atoms with E-state index in [1.807, 2.05) is 25.1 Å². The number of nitrogens with zero attached hydrogens (tertiary/aromatic N) is 1. The first-order chi connectivity index (χ1) is 13.5. The number of hydrogen-bond acceptors (Lipinski definition) is 3. The van der Waals surface area contributed by atoms with E-state index >= 15 is 0 Å². The molecule has 2 amide bonds. The standard InChI is InChI=1S/C21H25ClFN3O2/c1-15(16-6-7-20(23)19(22)12-16)25-21(27)24-13-17-4-2-3-5-18(17)14-26-8-10-28-11-9-26/h2-7,12,15H,8-11,13-14H2,1H3,(H2,24,25,27). The number of benzene rings is 2. The SMILES string of the molecule is CC(NC(=O)NCc1ccccc1CN1CCOCC1)c1ccc(F)c(Cl)c1. The van der Waals surface area contributed by atoms with Gasteiger partial charge in [-0.3, -0.25) is 4.90 Å². The van der Waals surface area contributed by atoms with Gasteiger partial charge in [0, 0.05) is 26.2 Å². The van der Waals surface area contributed by atoms with Crippen molar-refractivity contribution in [3.05, 3.63) is 70.0 Å². The highest BCUT2D eigenvalue weighted by Crippen LogP contribution is 2.20. The molecular weight excluding hydrogens is 381 g/mol. The number of carbonyl (C=O) groups is 1. The fraction of sp³-hybridized carbons (Fsp3) is 0.381. The van der Waals surface area contributed by atoms with Crippen LogP contribution in [0.5, 0.6) is 0 Å². The first-order valence-corrected chi connectivity index (χ1v) is 9.77. The minimum atomic E-state index is -0.473. The van der Waals surface area contributed by atoms with Gasteiger partial charge in [-0.15, -0.1) is 0 Å². The number of nitrogens with one attached hydrogen (secondary N) is 2. The van der Waals surface area contributed by atoms with Crippen LogP contribution in [0.25, 0.3) is 0 Å². The maximum absolute atomic E-state index is 13.3. The molecule has 0 aromatic heterocycles. The van der Waals surface area contributed by atoms with Crippen LogP contribution in [0.1, 0.15) is 29.7 Å². The van der Waals surface area contributed by atoms with E-state index in [1.54, 1.807) is 6.07 Å². The van der Waals surface area contributed by atoms with Gasteiger partial charge in [0.1, 0.15) is 5.82 Å². The Morgan fingerprint density at radius 1 is 1.21 bits per heavy atom. The number of morpholine rings is 1. The Kier molecular flexibility index (Phi) is 7.25. The molecule has 1 saturated heterocycles. The third kappa shape index (κ3) is 5.67. The van der Waals surface area contributed by atoms with Gasteiger partial charge in [-0.2, -0.15) is 0 Å². The summed E-state index contributed by atoms with van der Waals surface area (Å²) in [5.74, 6) is -0.473. The highest BCUT2D eigenvalue weighted by atomic mass is 35.5. The van der Waals surface area contributed by atoms with E-state index < -0.39 is 5.82 Å². The van der Waals surface area contributed by atoms with E-state index in [2.05, 4.69) is 21.6 Å². The Bertz CT molecular complexity index is 812. The molecule has 1 aliphatic heterocycles. The van der Waals surface area contributed by atoms with Crippen LogP contribution in [0, 0.1) is 5.82 Å². The molecule has 28 heavy (non-hydrogen) atoms. The molecule has 150 valence electrons. The maximum atomic E-state index is 13.3. The summed E-state index contributed by atoms with van der Waals surface area (Å²) in [7, 11) is 0. The second kappa shape index (κ2) is 9.87. The summed E-state index contributed by atoms with van der Waals surface area (Å²) in [6, 6.07) is 12.0. The summed E-state index contributed by atoms with van der Waals surface area (Å²) in [5, 5.41) is 5.80. The lowest BCUT2D eigenvalue weighted by Gasteiger charge is -2.27. The van der Waals surface area contributed by atoms with Crippen LogP contribution in [-0.4, -0.2) is 37.2 Å². The molecule has 0 bridgehead atoms. The Balaban J connectivity index is 1.54. The molecule has 5 nitrogen and oxygen atoms in total. The number of urea groups is 1. The zero-order valence-corrected chi connectivity index (χ0v) is 16.6. The summed E-state index contributed by atoms with van der Waals surface area (Å²) in [6.07, 6.45) is 0. The molecule has 1 atom stereocenters. The summed E-state index contributed by atoms with van der Waals surface area (Å²) in [5.41, 5.74) is 3.03. The number of rotatable bonds is 6. The van der Waals surface area contributed by atoms with Gasteiger partial charge in [0.2, 0.25) is 0 Å². The normalized spacial score (nSPS) is 15.8. The van der Waals surface area contributed by atoms with Gasteiger partial charge in [-0.1, -0.05) is 41.9 Å². The molecule has 0 aliphatic carbocycles. The van der Waals surface area contributed by atoms with Gasteiger partial charge < -0.3 is 15.4 Å². The lowest BCUT2D eigenvalue weighted by atomic mass is 10.1. The zero-order chi connectivity index (χ0) is 19.9. The van der Waals surface area contributed by atoms with Crippen LogP contribution in [0.2, 0.25) is 5.02 Å². The molecule has 0 spiro atoms. The monoisotopic (exact) mass is 405 g/mol. The number of halogens is 2. The van der Waals surface area contributed by atoms with Crippen LogP contribution in [-0.2, 0) is 17.8 Å². The van der Waals surface area contributed by atoms with Crippen molar-refractivity contribution in [3.63, 3.8) is 0 Å². The first kappa shape index (κ1) is 20.6. The predicted octanol–water partition coefficient (Wildman–Crippen LogP) is 3.87. The van der Waals surface area contributed by atoms with Crippen molar-refractivity contribution in [2.24, 2.45) is 0 Å².